The number of benzene rings is 1. The number of para-hydroxylation sites is 1. The number of ether oxygens (including phenoxy) is 1. The fourth-order valence-corrected chi connectivity index (χ4v) is 4.45. The van der Waals surface area contributed by atoms with Gasteiger partial charge in [0, 0.05) is 25.8 Å². The number of fused-ring (bicyclic) bond motifs is 1. The van der Waals surface area contributed by atoms with E-state index in [1.165, 1.54) is 24.6 Å². The van der Waals surface area contributed by atoms with Crippen LogP contribution in [0.3, 0.4) is 0 Å². The molecule has 1 N–H and O–H groups in total. The van der Waals surface area contributed by atoms with Gasteiger partial charge in [0.2, 0.25) is 5.91 Å². The first-order valence-corrected chi connectivity index (χ1v) is 11.0. The Hall–Kier alpha value is -1.86. The Labute approximate surface area is 170 Å². The molecule has 1 aliphatic rings. The highest BCUT2D eigenvalue weighted by Crippen LogP contribution is 2.24. The van der Waals surface area contributed by atoms with Crippen LogP contribution >= 0.6 is 11.8 Å². The third-order valence-electron chi connectivity index (χ3n) is 5.05. The van der Waals surface area contributed by atoms with E-state index in [9.17, 15) is 9.59 Å². The lowest BCUT2D eigenvalue weighted by molar-refractivity contribution is -0.120. The molecule has 1 aromatic heterocycles. The Balaban J connectivity index is 1.80. The van der Waals surface area contributed by atoms with Crippen molar-refractivity contribution in [3.05, 3.63) is 34.6 Å². The fourth-order valence-electron chi connectivity index (χ4n) is 3.50. The van der Waals surface area contributed by atoms with Gasteiger partial charge in [0.05, 0.1) is 16.2 Å². The van der Waals surface area contributed by atoms with Crippen molar-refractivity contribution in [2.75, 3.05) is 13.2 Å². The summed E-state index contributed by atoms with van der Waals surface area (Å²) in [7, 11) is 0. The third kappa shape index (κ3) is 5.14. The summed E-state index contributed by atoms with van der Waals surface area (Å²) in [6.45, 7) is 5.61. The molecule has 6 nitrogen and oxygen atoms in total. The minimum atomic E-state index is -0.313. The number of carbonyl (C=O) groups is 1. The van der Waals surface area contributed by atoms with Crippen molar-refractivity contribution in [2.24, 2.45) is 0 Å². The van der Waals surface area contributed by atoms with Crippen LogP contribution in [0.4, 0.5) is 0 Å². The quantitative estimate of drug-likeness (QED) is 0.395. The average molecular weight is 404 g/mol. The summed E-state index contributed by atoms with van der Waals surface area (Å²) in [5.41, 5.74) is 0.604. The van der Waals surface area contributed by atoms with Crippen LogP contribution in [0.15, 0.2) is 34.2 Å². The van der Waals surface area contributed by atoms with E-state index in [1.54, 1.807) is 10.6 Å². The Bertz CT molecular complexity index is 862. The summed E-state index contributed by atoms with van der Waals surface area (Å²) in [4.78, 5) is 30.3. The first-order valence-electron chi connectivity index (χ1n) is 10.1. The monoisotopic (exact) mass is 403 g/mol. The molecule has 1 amide bonds. The lowest BCUT2D eigenvalue weighted by Crippen LogP contribution is -2.38. The number of nitrogens with one attached hydrogen (secondary N) is 1. The Morgan fingerprint density at radius 3 is 2.86 bits per heavy atom. The van der Waals surface area contributed by atoms with Gasteiger partial charge in [-0.25, -0.2) is 4.98 Å². The van der Waals surface area contributed by atoms with E-state index in [-0.39, 0.29) is 22.8 Å². The SMILES string of the molecule is CCOCCCn1c(SC(C)C(=O)NC2CCCC2)nc2ccccc2c1=O. The number of hydrogen-bond donors (Lipinski definition) is 1. The summed E-state index contributed by atoms with van der Waals surface area (Å²) in [5, 5.41) is 4.02. The van der Waals surface area contributed by atoms with E-state index < -0.39 is 0 Å². The van der Waals surface area contributed by atoms with Crippen molar-refractivity contribution in [1.82, 2.24) is 14.9 Å². The molecule has 1 heterocycles. The third-order valence-corrected chi connectivity index (χ3v) is 6.14. The molecule has 0 aliphatic heterocycles. The van der Waals surface area contributed by atoms with Crippen LogP contribution in [0.2, 0.25) is 0 Å². The summed E-state index contributed by atoms with van der Waals surface area (Å²) in [6.07, 6.45) is 5.19. The van der Waals surface area contributed by atoms with Crippen LogP contribution in [-0.4, -0.2) is 40.0 Å². The second kappa shape index (κ2) is 10.1. The normalized spacial score (nSPS) is 15.8. The highest BCUT2D eigenvalue weighted by atomic mass is 32.2. The van der Waals surface area contributed by atoms with Crippen molar-refractivity contribution >= 4 is 28.6 Å². The van der Waals surface area contributed by atoms with Crippen molar-refractivity contribution in [3.8, 4) is 0 Å². The minimum absolute atomic E-state index is 0.0140. The van der Waals surface area contributed by atoms with Gasteiger partial charge in [0.25, 0.3) is 5.56 Å². The number of thioether (sulfide) groups is 1. The molecule has 1 aromatic carbocycles. The average Bonchev–Trinajstić information content (AvgIpc) is 3.20. The van der Waals surface area contributed by atoms with Crippen LogP contribution in [-0.2, 0) is 16.1 Å². The molecule has 0 bridgehead atoms. The van der Waals surface area contributed by atoms with Crippen molar-refractivity contribution in [3.63, 3.8) is 0 Å². The summed E-state index contributed by atoms with van der Waals surface area (Å²) >= 11 is 1.35. The summed E-state index contributed by atoms with van der Waals surface area (Å²) in [5.74, 6) is 0.0140. The second-order valence-corrected chi connectivity index (χ2v) is 8.48. The molecule has 0 saturated heterocycles. The predicted octanol–water partition coefficient (Wildman–Crippen LogP) is 3.36. The van der Waals surface area contributed by atoms with Crippen LogP contribution < -0.4 is 10.9 Å². The standard InChI is InChI=1S/C21H29N3O3S/c1-3-27-14-8-13-24-20(26)17-11-6-7-12-18(17)23-21(24)28-15(2)19(25)22-16-9-4-5-10-16/h6-7,11-12,15-16H,3-5,8-10,13-14H2,1-2H3,(H,22,25). The van der Waals surface area contributed by atoms with Gasteiger partial charge in [-0.15, -0.1) is 0 Å². The number of rotatable bonds is 9. The number of carbonyl (C=O) groups excluding carboxylic acids is 1. The molecule has 152 valence electrons. The smallest absolute Gasteiger partial charge is 0.262 e. The molecule has 1 saturated carbocycles. The number of hydrogen-bond acceptors (Lipinski definition) is 5. The van der Waals surface area contributed by atoms with Crippen molar-refractivity contribution in [2.45, 2.75) is 68.9 Å². The molecule has 0 spiro atoms. The predicted molar refractivity (Wildman–Crippen MR) is 113 cm³/mol. The van der Waals surface area contributed by atoms with Gasteiger partial charge in [0.1, 0.15) is 0 Å². The number of nitrogens with zero attached hydrogens (tertiary/aromatic N) is 2. The van der Waals surface area contributed by atoms with Crippen LogP contribution in [0.25, 0.3) is 10.9 Å². The van der Waals surface area contributed by atoms with Gasteiger partial charge in [-0.05, 0) is 45.2 Å². The summed E-state index contributed by atoms with van der Waals surface area (Å²) in [6, 6.07) is 7.65. The highest BCUT2D eigenvalue weighted by molar-refractivity contribution is 8.00. The van der Waals surface area contributed by atoms with Gasteiger partial charge in [-0.2, -0.15) is 0 Å². The van der Waals surface area contributed by atoms with Gasteiger partial charge < -0.3 is 10.1 Å². The zero-order valence-electron chi connectivity index (χ0n) is 16.6. The molecule has 0 radical (unpaired) electrons. The van der Waals surface area contributed by atoms with Gasteiger partial charge in [-0.3, -0.25) is 14.2 Å². The zero-order chi connectivity index (χ0) is 19.9. The van der Waals surface area contributed by atoms with E-state index in [0.29, 0.717) is 35.8 Å². The minimum Gasteiger partial charge on any atom is -0.382 e. The highest BCUT2D eigenvalue weighted by Gasteiger charge is 2.23. The molecule has 1 aliphatic carbocycles. The zero-order valence-corrected chi connectivity index (χ0v) is 17.5. The van der Waals surface area contributed by atoms with Crippen molar-refractivity contribution in [1.29, 1.82) is 0 Å². The van der Waals surface area contributed by atoms with E-state index in [1.807, 2.05) is 32.0 Å². The lowest BCUT2D eigenvalue weighted by atomic mass is 10.2. The second-order valence-electron chi connectivity index (χ2n) is 7.17. The molecule has 7 heteroatoms. The largest absolute Gasteiger partial charge is 0.382 e. The van der Waals surface area contributed by atoms with E-state index in [4.69, 9.17) is 9.72 Å². The molecule has 1 fully saturated rings. The van der Waals surface area contributed by atoms with Gasteiger partial charge >= 0.3 is 0 Å². The van der Waals surface area contributed by atoms with Gasteiger partial charge in [0.15, 0.2) is 5.16 Å². The molecule has 28 heavy (non-hydrogen) atoms. The Kier molecular flexibility index (Phi) is 7.50. The van der Waals surface area contributed by atoms with Crippen LogP contribution in [0.1, 0.15) is 46.0 Å². The molecule has 1 unspecified atom stereocenters. The number of amides is 1. The van der Waals surface area contributed by atoms with Crippen LogP contribution in [0, 0.1) is 0 Å². The maximum Gasteiger partial charge on any atom is 0.262 e. The topological polar surface area (TPSA) is 73.2 Å². The first kappa shape index (κ1) is 20.9. The number of aromatic nitrogens is 2. The molecule has 2 aromatic rings. The van der Waals surface area contributed by atoms with E-state index >= 15 is 0 Å². The molecular formula is C21H29N3O3S. The van der Waals surface area contributed by atoms with Gasteiger partial charge in [-0.1, -0.05) is 36.7 Å². The van der Waals surface area contributed by atoms with Crippen molar-refractivity contribution < 1.29 is 9.53 Å². The maximum atomic E-state index is 13.0. The Morgan fingerprint density at radius 2 is 2.11 bits per heavy atom. The lowest BCUT2D eigenvalue weighted by Gasteiger charge is -2.18. The molecular weight excluding hydrogens is 374 g/mol. The Morgan fingerprint density at radius 1 is 1.36 bits per heavy atom. The molecule has 1 atom stereocenters. The van der Waals surface area contributed by atoms with Crippen LogP contribution in [0.5, 0.6) is 0 Å². The van der Waals surface area contributed by atoms with E-state index in [0.717, 1.165) is 19.3 Å². The maximum absolute atomic E-state index is 13.0. The summed E-state index contributed by atoms with van der Waals surface area (Å²) < 4.78 is 7.10. The first-order chi connectivity index (χ1) is 13.6. The fraction of sp³-hybridized carbons (Fsp3) is 0.571. The molecule has 3 rings (SSSR count). The van der Waals surface area contributed by atoms with E-state index in [2.05, 4.69) is 5.32 Å².